The van der Waals surface area contributed by atoms with Gasteiger partial charge in [-0.25, -0.2) is 0 Å². The standard InChI is InChI=1S/C15H16OS.C8H9BrO/c16-11-10-14-8-4-5-9-15(14)17-12-13-6-2-1-3-7-13;9-8-4-2-1-3-7(8)5-6-10/h1-9,16H,10-12H2;1-4,10H,5-6H2. The Morgan fingerprint density at radius 3 is 1.89 bits per heavy atom. The minimum absolute atomic E-state index is 0.211. The molecule has 0 aliphatic rings. The van der Waals surface area contributed by atoms with Crippen LogP contribution in [0.4, 0.5) is 0 Å². The predicted molar refractivity (Wildman–Crippen MR) is 118 cm³/mol. The molecule has 0 saturated heterocycles. The molecule has 2 N–H and O–H groups in total. The van der Waals surface area contributed by atoms with E-state index < -0.39 is 0 Å². The molecule has 0 aliphatic heterocycles. The van der Waals surface area contributed by atoms with Crippen molar-refractivity contribution in [3.8, 4) is 0 Å². The van der Waals surface area contributed by atoms with Crippen molar-refractivity contribution < 1.29 is 10.2 Å². The van der Waals surface area contributed by atoms with Gasteiger partial charge in [0.05, 0.1) is 0 Å². The highest BCUT2D eigenvalue weighted by Crippen LogP contribution is 2.26. The molecule has 142 valence electrons. The highest BCUT2D eigenvalue weighted by molar-refractivity contribution is 9.10. The van der Waals surface area contributed by atoms with Gasteiger partial charge in [-0.15, -0.1) is 11.8 Å². The monoisotopic (exact) mass is 444 g/mol. The van der Waals surface area contributed by atoms with Gasteiger partial charge in [0.15, 0.2) is 0 Å². The molecule has 0 aromatic heterocycles. The van der Waals surface area contributed by atoms with Gasteiger partial charge in [0.2, 0.25) is 0 Å². The topological polar surface area (TPSA) is 40.5 Å². The SMILES string of the molecule is OCCc1ccccc1Br.OCCc1ccccc1SCc1ccccc1. The van der Waals surface area contributed by atoms with Crippen LogP contribution in [0.2, 0.25) is 0 Å². The maximum Gasteiger partial charge on any atom is 0.0471 e. The zero-order valence-corrected chi connectivity index (χ0v) is 17.6. The van der Waals surface area contributed by atoms with E-state index in [0.717, 1.165) is 28.6 Å². The number of hydrogen-bond donors (Lipinski definition) is 2. The molecule has 0 fully saturated rings. The summed E-state index contributed by atoms with van der Waals surface area (Å²) < 4.78 is 1.07. The van der Waals surface area contributed by atoms with Gasteiger partial charge in [-0.3, -0.25) is 0 Å². The summed E-state index contributed by atoms with van der Waals surface area (Å²) >= 11 is 5.22. The van der Waals surface area contributed by atoms with Gasteiger partial charge >= 0.3 is 0 Å². The number of aliphatic hydroxyl groups is 2. The number of halogens is 1. The average molecular weight is 445 g/mol. The summed E-state index contributed by atoms with van der Waals surface area (Å²) in [5, 5.41) is 17.6. The molecule has 0 amide bonds. The van der Waals surface area contributed by atoms with E-state index in [4.69, 9.17) is 10.2 Å². The summed E-state index contributed by atoms with van der Waals surface area (Å²) in [5.74, 6) is 0.975. The molecule has 0 aliphatic carbocycles. The van der Waals surface area contributed by atoms with Crippen LogP contribution in [0, 0.1) is 0 Å². The Labute approximate surface area is 174 Å². The minimum atomic E-state index is 0.211. The van der Waals surface area contributed by atoms with Gasteiger partial charge in [0.25, 0.3) is 0 Å². The summed E-state index contributed by atoms with van der Waals surface area (Å²) in [6.45, 7) is 0.422. The zero-order valence-electron chi connectivity index (χ0n) is 15.2. The van der Waals surface area contributed by atoms with Crippen LogP contribution < -0.4 is 0 Å². The molecule has 3 aromatic rings. The fraction of sp³-hybridized carbons (Fsp3) is 0.217. The molecular weight excluding hydrogens is 420 g/mol. The quantitative estimate of drug-likeness (QED) is 0.472. The van der Waals surface area contributed by atoms with Gasteiger partial charge in [0, 0.05) is 28.3 Å². The molecule has 4 heteroatoms. The molecular formula is C23H25BrO2S. The van der Waals surface area contributed by atoms with E-state index in [-0.39, 0.29) is 13.2 Å². The third kappa shape index (κ3) is 7.89. The summed E-state index contributed by atoms with van der Waals surface area (Å²) in [4.78, 5) is 1.27. The number of thioether (sulfide) groups is 1. The van der Waals surface area contributed by atoms with Crippen LogP contribution in [0.5, 0.6) is 0 Å². The molecule has 0 saturated carbocycles. The minimum Gasteiger partial charge on any atom is -0.396 e. The Balaban J connectivity index is 0.000000223. The Kier molecular flexibility index (Phi) is 10.2. The van der Waals surface area contributed by atoms with Crippen molar-refractivity contribution in [3.05, 3.63) is 100 Å². The Morgan fingerprint density at radius 1 is 0.667 bits per heavy atom. The maximum atomic E-state index is 9.02. The molecule has 0 bridgehead atoms. The van der Waals surface area contributed by atoms with E-state index in [9.17, 15) is 0 Å². The van der Waals surface area contributed by atoms with Crippen molar-refractivity contribution in [2.45, 2.75) is 23.5 Å². The smallest absolute Gasteiger partial charge is 0.0471 e. The van der Waals surface area contributed by atoms with Crippen molar-refractivity contribution in [3.63, 3.8) is 0 Å². The first-order chi connectivity index (χ1) is 13.2. The van der Waals surface area contributed by atoms with Crippen LogP contribution in [0.15, 0.2) is 88.2 Å². The Hall–Kier alpha value is -1.59. The largest absolute Gasteiger partial charge is 0.396 e. The van der Waals surface area contributed by atoms with E-state index in [1.807, 2.05) is 54.2 Å². The first-order valence-electron chi connectivity index (χ1n) is 8.94. The van der Waals surface area contributed by atoms with Crippen molar-refractivity contribution in [2.75, 3.05) is 13.2 Å². The van der Waals surface area contributed by atoms with Gasteiger partial charge in [-0.05, 0) is 41.7 Å². The first kappa shape index (κ1) is 21.7. The van der Waals surface area contributed by atoms with Crippen LogP contribution in [-0.4, -0.2) is 23.4 Å². The van der Waals surface area contributed by atoms with Gasteiger partial charge in [-0.2, -0.15) is 0 Å². The van der Waals surface area contributed by atoms with Gasteiger partial charge < -0.3 is 10.2 Å². The second-order valence-corrected chi connectivity index (χ2v) is 7.79. The van der Waals surface area contributed by atoms with Crippen LogP contribution in [0.25, 0.3) is 0 Å². The lowest BCUT2D eigenvalue weighted by molar-refractivity contribution is 0.298. The summed E-state index contributed by atoms with van der Waals surface area (Å²) in [5.41, 5.74) is 3.72. The van der Waals surface area contributed by atoms with Crippen LogP contribution >= 0.6 is 27.7 Å². The molecule has 0 spiro atoms. The van der Waals surface area contributed by atoms with Gasteiger partial charge in [-0.1, -0.05) is 82.7 Å². The zero-order chi connectivity index (χ0) is 19.3. The number of benzene rings is 3. The third-order valence-electron chi connectivity index (χ3n) is 3.93. The normalized spacial score (nSPS) is 10.2. The summed E-state index contributed by atoms with van der Waals surface area (Å²) in [7, 11) is 0. The highest BCUT2D eigenvalue weighted by atomic mass is 79.9. The van der Waals surface area contributed by atoms with Crippen LogP contribution in [0.3, 0.4) is 0 Å². The second-order valence-electron chi connectivity index (χ2n) is 5.92. The lowest BCUT2D eigenvalue weighted by atomic mass is 10.2. The van der Waals surface area contributed by atoms with Crippen molar-refractivity contribution in [1.82, 2.24) is 0 Å². The highest BCUT2D eigenvalue weighted by Gasteiger charge is 2.02. The molecule has 0 heterocycles. The van der Waals surface area contributed by atoms with Crippen molar-refractivity contribution in [2.24, 2.45) is 0 Å². The first-order valence-corrected chi connectivity index (χ1v) is 10.7. The molecule has 0 radical (unpaired) electrons. The Morgan fingerprint density at radius 2 is 1.22 bits per heavy atom. The third-order valence-corrected chi connectivity index (χ3v) is 5.89. The summed E-state index contributed by atoms with van der Waals surface area (Å²) in [6, 6.07) is 26.6. The number of hydrogen-bond acceptors (Lipinski definition) is 3. The molecule has 3 aromatic carbocycles. The number of aliphatic hydroxyl groups excluding tert-OH is 2. The van der Waals surface area contributed by atoms with Gasteiger partial charge in [0.1, 0.15) is 0 Å². The fourth-order valence-electron chi connectivity index (χ4n) is 2.53. The average Bonchev–Trinajstić information content (AvgIpc) is 2.71. The Bertz CT molecular complexity index is 793. The van der Waals surface area contributed by atoms with Crippen molar-refractivity contribution >= 4 is 27.7 Å². The van der Waals surface area contributed by atoms with Crippen molar-refractivity contribution in [1.29, 1.82) is 0 Å². The van der Waals surface area contributed by atoms with E-state index in [2.05, 4.69) is 52.3 Å². The molecule has 0 atom stereocenters. The van der Waals surface area contributed by atoms with Crippen LogP contribution in [-0.2, 0) is 18.6 Å². The number of rotatable bonds is 7. The summed E-state index contributed by atoms with van der Waals surface area (Å²) in [6.07, 6.45) is 1.46. The maximum absolute atomic E-state index is 9.02. The van der Waals surface area contributed by atoms with Crippen LogP contribution in [0.1, 0.15) is 16.7 Å². The fourth-order valence-corrected chi connectivity index (χ4v) is 4.06. The lowest BCUT2D eigenvalue weighted by Crippen LogP contribution is -1.93. The molecule has 27 heavy (non-hydrogen) atoms. The van der Waals surface area contributed by atoms with E-state index >= 15 is 0 Å². The predicted octanol–water partition coefficient (Wildman–Crippen LogP) is 5.50. The lowest BCUT2D eigenvalue weighted by Gasteiger charge is -2.07. The molecule has 2 nitrogen and oxygen atoms in total. The van der Waals surface area contributed by atoms with E-state index in [1.165, 1.54) is 16.0 Å². The second kappa shape index (κ2) is 12.7. The van der Waals surface area contributed by atoms with E-state index in [0.29, 0.717) is 0 Å². The molecule has 0 unspecified atom stereocenters. The molecule has 3 rings (SSSR count). The van der Waals surface area contributed by atoms with E-state index in [1.54, 1.807) is 0 Å².